The fourth-order valence-corrected chi connectivity index (χ4v) is 2.12. The van der Waals surface area contributed by atoms with Gasteiger partial charge in [0.2, 0.25) is 0 Å². The van der Waals surface area contributed by atoms with Gasteiger partial charge in [0.1, 0.15) is 18.2 Å². The topological polar surface area (TPSA) is 60.2 Å². The Morgan fingerprint density at radius 3 is 2.81 bits per heavy atom. The number of nitrogens with two attached hydrogens (primary N) is 1. The van der Waals surface area contributed by atoms with Crippen LogP contribution < -0.4 is 15.8 Å². The van der Waals surface area contributed by atoms with Crippen LogP contribution in [0, 0.1) is 0 Å². The molecule has 0 saturated heterocycles. The summed E-state index contributed by atoms with van der Waals surface area (Å²) in [6.45, 7) is 1.02. The molecule has 3 aromatic rings. The first kappa shape index (κ1) is 13.4. The third-order valence-electron chi connectivity index (χ3n) is 3.09. The SMILES string of the molecule is NCCOc1cccc(Nc2ccc3ccccc3n2)c1. The van der Waals surface area contributed by atoms with E-state index in [0.717, 1.165) is 28.2 Å². The lowest BCUT2D eigenvalue weighted by Crippen LogP contribution is -2.10. The van der Waals surface area contributed by atoms with Crippen molar-refractivity contribution >= 4 is 22.4 Å². The van der Waals surface area contributed by atoms with E-state index in [0.29, 0.717) is 13.2 Å². The van der Waals surface area contributed by atoms with Crippen molar-refractivity contribution in [3.05, 3.63) is 60.7 Å². The molecule has 3 N–H and O–H groups in total. The molecule has 4 nitrogen and oxygen atoms in total. The van der Waals surface area contributed by atoms with Gasteiger partial charge >= 0.3 is 0 Å². The largest absolute Gasteiger partial charge is 0.492 e. The maximum Gasteiger partial charge on any atom is 0.131 e. The number of pyridine rings is 1. The number of para-hydroxylation sites is 1. The Kier molecular flexibility index (Phi) is 3.98. The smallest absolute Gasteiger partial charge is 0.131 e. The first-order valence-electron chi connectivity index (χ1n) is 6.91. The Morgan fingerprint density at radius 1 is 1.00 bits per heavy atom. The number of nitrogens with zero attached hydrogens (tertiary/aromatic N) is 1. The van der Waals surface area contributed by atoms with E-state index in [1.165, 1.54) is 0 Å². The summed E-state index contributed by atoms with van der Waals surface area (Å²) in [6.07, 6.45) is 0. The summed E-state index contributed by atoms with van der Waals surface area (Å²) in [4.78, 5) is 4.59. The van der Waals surface area contributed by atoms with Crippen LogP contribution in [-0.2, 0) is 0 Å². The minimum absolute atomic E-state index is 0.504. The highest BCUT2D eigenvalue weighted by Gasteiger charge is 2.00. The Labute approximate surface area is 123 Å². The van der Waals surface area contributed by atoms with Crippen molar-refractivity contribution in [3.63, 3.8) is 0 Å². The van der Waals surface area contributed by atoms with Crippen LogP contribution in [-0.4, -0.2) is 18.1 Å². The molecule has 0 aliphatic heterocycles. The van der Waals surface area contributed by atoms with Crippen molar-refractivity contribution < 1.29 is 4.74 Å². The highest BCUT2D eigenvalue weighted by Crippen LogP contribution is 2.22. The number of anilines is 2. The van der Waals surface area contributed by atoms with Crippen LogP contribution >= 0.6 is 0 Å². The number of hydrogen-bond acceptors (Lipinski definition) is 4. The number of rotatable bonds is 5. The molecule has 1 aromatic heterocycles. The molecule has 0 saturated carbocycles. The summed E-state index contributed by atoms with van der Waals surface area (Å²) in [6, 6.07) is 19.8. The molecule has 21 heavy (non-hydrogen) atoms. The van der Waals surface area contributed by atoms with Crippen molar-refractivity contribution in [2.45, 2.75) is 0 Å². The van der Waals surface area contributed by atoms with Gasteiger partial charge in [0.15, 0.2) is 0 Å². The van der Waals surface area contributed by atoms with E-state index in [1.807, 2.05) is 54.6 Å². The maximum absolute atomic E-state index is 5.52. The molecule has 3 rings (SSSR count). The lowest BCUT2D eigenvalue weighted by atomic mass is 10.2. The van der Waals surface area contributed by atoms with Crippen LogP contribution in [0.15, 0.2) is 60.7 Å². The summed E-state index contributed by atoms with van der Waals surface area (Å²) < 4.78 is 5.52. The minimum atomic E-state index is 0.504. The third kappa shape index (κ3) is 3.30. The minimum Gasteiger partial charge on any atom is -0.492 e. The number of nitrogens with one attached hydrogen (secondary N) is 1. The van der Waals surface area contributed by atoms with Gasteiger partial charge in [-0.25, -0.2) is 4.98 Å². The second-order valence-corrected chi connectivity index (χ2v) is 4.68. The Hall–Kier alpha value is -2.59. The summed E-state index contributed by atoms with van der Waals surface area (Å²) in [7, 11) is 0. The summed E-state index contributed by atoms with van der Waals surface area (Å²) in [5, 5.41) is 4.42. The van der Waals surface area contributed by atoms with E-state index >= 15 is 0 Å². The highest BCUT2D eigenvalue weighted by atomic mass is 16.5. The number of aromatic nitrogens is 1. The number of fused-ring (bicyclic) bond motifs is 1. The molecule has 0 aliphatic carbocycles. The molecule has 0 aliphatic rings. The molecule has 0 spiro atoms. The van der Waals surface area contributed by atoms with Crippen LogP contribution in [0.4, 0.5) is 11.5 Å². The van der Waals surface area contributed by atoms with Gasteiger partial charge in [0.05, 0.1) is 5.52 Å². The van der Waals surface area contributed by atoms with Crippen LogP contribution in [0.3, 0.4) is 0 Å². The first-order valence-corrected chi connectivity index (χ1v) is 6.91. The predicted octanol–water partition coefficient (Wildman–Crippen LogP) is 3.32. The molecule has 0 fully saturated rings. The van der Waals surface area contributed by atoms with E-state index in [1.54, 1.807) is 0 Å². The van der Waals surface area contributed by atoms with Gasteiger partial charge in [-0.05, 0) is 30.3 Å². The summed E-state index contributed by atoms with van der Waals surface area (Å²) >= 11 is 0. The molecular weight excluding hydrogens is 262 g/mol. The van der Waals surface area contributed by atoms with Gasteiger partial charge in [-0.15, -0.1) is 0 Å². The number of ether oxygens (including phenoxy) is 1. The molecule has 0 radical (unpaired) electrons. The quantitative estimate of drug-likeness (QED) is 0.752. The molecule has 0 unspecified atom stereocenters. The standard InChI is InChI=1S/C17H17N3O/c18-10-11-21-15-6-3-5-14(12-15)19-17-9-8-13-4-1-2-7-16(13)20-17/h1-9,12H,10-11,18H2,(H,19,20). The lowest BCUT2D eigenvalue weighted by Gasteiger charge is -2.09. The average molecular weight is 279 g/mol. The first-order chi connectivity index (χ1) is 10.3. The van der Waals surface area contributed by atoms with Crippen molar-refractivity contribution in [2.24, 2.45) is 5.73 Å². The molecular formula is C17H17N3O. The van der Waals surface area contributed by atoms with Gasteiger partial charge in [-0.3, -0.25) is 0 Å². The zero-order valence-electron chi connectivity index (χ0n) is 11.6. The van der Waals surface area contributed by atoms with Crippen molar-refractivity contribution in [2.75, 3.05) is 18.5 Å². The summed E-state index contributed by atoms with van der Waals surface area (Å²) in [5.41, 5.74) is 7.35. The molecule has 2 aromatic carbocycles. The van der Waals surface area contributed by atoms with Crippen LogP contribution in [0.25, 0.3) is 10.9 Å². The molecule has 4 heteroatoms. The van der Waals surface area contributed by atoms with Crippen molar-refractivity contribution in [1.82, 2.24) is 4.98 Å². The van der Waals surface area contributed by atoms with Crippen LogP contribution in [0.2, 0.25) is 0 Å². The molecule has 106 valence electrons. The second-order valence-electron chi connectivity index (χ2n) is 4.68. The summed E-state index contributed by atoms with van der Waals surface area (Å²) in [5.74, 6) is 1.61. The van der Waals surface area contributed by atoms with E-state index in [2.05, 4.69) is 16.4 Å². The van der Waals surface area contributed by atoms with Crippen molar-refractivity contribution in [3.8, 4) is 5.75 Å². The fourth-order valence-electron chi connectivity index (χ4n) is 2.12. The molecule has 0 atom stereocenters. The van der Waals surface area contributed by atoms with Gasteiger partial charge < -0.3 is 15.8 Å². The zero-order valence-corrected chi connectivity index (χ0v) is 11.6. The van der Waals surface area contributed by atoms with Gasteiger partial charge in [0.25, 0.3) is 0 Å². The molecule has 0 amide bonds. The highest BCUT2D eigenvalue weighted by molar-refractivity contribution is 5.80. The third-order valence-corrected chi connectivity index (χ3v) is 3.09. The number of benzene rings is 2. The second kappa shape index (κ2) is 6.24. The Bertz CT molecular complexity index is 743. The number of hydrogen-bond donors (Lipinski definition) is 2. The zero-order chi connectivity index (χ0) is 14.5. The van der Waals surface area contributed by atoms with E-state index < -0.39 is 0 Å². The average Bonchev–Trinajstić information content (AvgIpc) is 2.53. The normalized spacial score (nSPS) is 10.5. The van der Waals surface area contributed by atoms with E-state index in [9.17, 15) is 0 Å². The van der Waals surface area contributed by atoms with Crippen LogP contribution in [0.5, 0.6) is 5.75 Å². The van der Waals surface area contributed by atoms with E-state index in [4.69, 9.17) is 10.5 Å². The predicted molar refractivity (Wildman–Crippen MR) is 86.0 cm³/mol. The van der Waals surface area contributed by atoms with E-state index in [-0.39, 0.29) is 0 Å². The van der Waals surface area contributed by atoms with Crippen molar-refractivity contribution in [1.29, 1.82) is 0 Å². The van der Waals surface area contributed by atoms with Crippen LogP contribution in [0.1, 0.15) is 0 Å². The lowest BCUT2D eigenvalue weighted by molar-refractivity contribution is 0.328. The molecule has 0 bridgehead atoms. The van der Waals surface area contributed by atoms with Gasteiger partial charge in [-0.2, -0.15) is 0 Å². The molecule has 1 heterocycles. The Balaban J connectivity index is 1.81. The maximum atomic E-state index is 5.52. The Morgan fingerprint density at radius 2 is 1.90 bits per heavy atom. The van der Waals surface area contributed by atoms with Gasteiger partial charge in [-0.1, -0.05) is 24.3 Å². The van der Waals surface area contributed by atoms with Gasteiger partial charge in [0, 0.05) is 23.7 Å². The monoisotopic (exact) mass is 279 g/mol. The fraction of sp³-hybridized carbons (Fsp3) is 0.118.